The molecule has 6 nitrogen and oxygen atoms in total. The van der Waals surface area contributed by atoms with Crippen LogP contribution in [0.1, 0.15) is 41.0 Å². The fraction of sp³-hybridized carbons (Fsp3) is 0.211. The SMILES string of the molecule is CCC(C)Oc1ccc(C(=O)NC(=S)Nc2ccc(Cl)c(C(=O)O)c2)cc1. The maximum atomic E-state index is 12.3. The van der Waals surface area contributed by atoms with Gasteiger partial charge in [-0.05, 0) is 68.0 Å². The number of amides is 1. The van der Waals surface area contributed by atoms with Gasteiger partial charge in [0.05, 0.1) is 16.7 Å². The van der Waals surface area contributed by atoms with E-state index >= 15 is 0 Å². The van der Waals surface area contributed by atoms with Crippen LogP contribution in [-0.4, -0.2) is 28.2 Å². The van der Waals surface area contributed by atoms with Gasteiger partial charge < -0.3 is 15.2 Å². The molecular formula is C19H19ClN2O4S. The van der Waals surface area contributed by atoms with E-state index in [1.165, 1.54) is 12.1 Å². The number of ether oxygens (including phenoxy) is 1. The van der Waals surface area contributed by atoms with Crippen LogP contribution in [0.5, 0.6) is 5.75 Å². The van der Waals surface area contributed by atoms with E-state index in [0.29, 0.717) is 17.0 Å². The van der Waals surface area contributed by atoms with Crippen molar-refractivity contribution in [2.45, 2.75) is 26.4 Å². The maximum Gasteiger partial charge on any atom is 0.337 e. The number of rotatable bonds is 6. The standard InChI is InChI=1S/C19H19ClN2O4S/c1-3-11(2)26-14-7-4-12(5-8-14)17(23)22-19(27)21-13-6-9-16(20)15(10-13)18(24)25/h4-11H,3H2,1-2H3,(H,24,25)(H2,21,22,23,27). The third-order valence-electron chi connectivity index (χ3n) is 3.71. The lowest BCUT2D eigenvalue weighted by molar-refractivity contribution is 0.0697. The molecule has 0 aliphatic heterocycles. The van der Waals surface area contributed by atoms with Crippen molar-refractivity contribution < 1.29 is 19.4 Å². The number of carbonyl (C=O) groups is 2. The van der Waals surface area contributed by atoms with Crippen LogP contribution in [0.4, 0.5) is 5.69 Å². The predicted octanol–water partition coefficient (Wildman–Crippen LogP) is 4.34. The first kappa shape index (κ1) is 20.7. The highest BCUT2D eigenvalue weighted by molar-refractivity contribution is 7.80. The van der Waals surface area contributed by atoms with Crippen molar-refractivity contribution in [3.8, 4) is 5.75 Å². The lowest BCUT2D eigenvalue weighted by Gasteiger charge is -2.13. The van der Waals surface area contributed by atoms with E-state index < -0.39 is 11.9 Å². The Labute approximate surface area is 167 Å². The summed E-state index contributed by atoms with van der Waals surface area (Å²) in [6.45, 7) is 4.00. The molecule has 27 heavy (non-hydrogen) atoms. The summed E-state index contributed by atoms with van der Waals surface area (Å²) in [5.41, 5.74) is 0.755. The van der Waals surface area contributed by atoms with E-state index in [0.717, 1.165) is 6.42 Å². The predicted molar refractivity (Wildman–Crippen MR) is 109 cm³/mol. The third kappa shape index (κ3) is 5.94. The van der Waals surface area contributed by atoms with Gasteiger partial charge in [0.2, 0.25) is 0 Å². The molecule has 0 heterocycles. The molecule has 0 aromatic heterocycles. The van der Waals surface area contributed by atoms with Crippen LogP contribution in [0.25, 0.3) is 0 Å². The second kappa shape index (κ2) is 9.34. The van der Waals surface area contributed by atoms with E-state index in [4.69, 9.17) is 33.7 Å². The van der Waals surface area contributed by atoms with E-state index in [1.807, 2.05) is 13.8 Å². The maximum absolute atomic E-state index is 12.3. The monoisotopic (exact) mass is 406 g/mol. The summed E-state index contributed by atoms with van der Waals surface area (Å²) in [5.74, 6) is -0.864. The first-order chi connectivity index (χ1) is 12.8. The number of hydrogen-bond donors (Lipinski definition) is 3. The molecule has 2 aromatic carbocycles. The van der Waals surface area contributed by atoms with Gasteiger partial charge in [0.15, 0.2) is 5.11 Å². The molecule has 1 unspecified atom stereocenters. The number of carboxylic acids is 1. The van der Waals surface area contributed by atoms with E-state index in [2.05, 4.69) is 10.6 Å². The normalized spacial score (nSPS) is 11.4. The molecule has 0 radical (unpaired) electrons. The van der Waals surface area contributed by atoms with Crippen LogP contribution in [0.3, 0.4) is 0 Å². The molecule has 0 aliphatic rings. The van der Waals surface area contributed by atoms with Gasteiger partial charge in [-0.3, -0.25) is 10.1 Å². The summed E-state index contributed by atoms with van der Waals surface area (Å²) in [4.78, 5) is 23.4. The van der Waals surface area contributed by atoms with Crippen LogP contribution >= 0.6 is 23.8 Å². The average Bonchev–Trinajstić information content (AvgIpc) is 2.63. The van der Waals surface area contributed by atoms with Crippen LogP contribution in [0.15, 0.2) is 42.5 Å². The fourth-order valence-electron chi connectivity index (χ4n) is 2.11. The lowest BCUT2D eigenvalue weighted by atomic mass is 10.2. The topological polar surface area (TPSA) is 87.7 Å². The molecule has 3 N–H and O–H groups in total. The Balaban J connectivity index is 1.98. The number of carbonyl (C=O) groups excluding carboxylic acids is 1. The number of benzene rings is 2. The lowest BCUT2D eigenvalue weighted by Crippen LogP contribution is -2.34. The minimum absolute atomic E-state index is 0.0404. The van der Waals surface area contributed by atoms with E-state index in [-0.39, 0.29) is 21.8 Å². The molecule has 0 bridgehead atoms. The van der Waals surface area contributed by atoms with E-state index in [9.17, 15) is 9.59 Å². The Bertz CT molecular complexity index is 855. The summed E-state index contributed by atoms with van der Waals surface area (Å²) in [5, 5.41) is 14.5. The number of nitrogens with one attached hydrogen (secondary N) is 2. The van der Waals surface area contributed by atoms with Gasteiger partial charge in [-0.15, -0.1) is 0 Å². The Morgan fingerprint density at radius 2 is 1.89 bits per heavy atom. The molecule has 0 saturated carbocycles. The third-order valence-corrected chi connectivity index (χ3v) is 4.24. The molecule has 1 atom stereocenters. The Morgan fingerprint density at radius 3 is 2.48 bits per heavy atom. The van der Waals surface area contributed by atoms with Gasteiger partial charge in [-0.2, -0.15) is 0 Å². The van der Waals surface area contributed by atoms with Gasteiger partial charge in [0.1, 0.15) is 5.75 Å². The molecule has 2 rings (SSSR count). The van der Waals surface area contributed by atoms with Crippen molar-refractivity contribution in [1.29, 1.82) is 0 Å². The number of halogens is 1. The van der Waals surface area contributed by atoms with Crippen molar-refractivity contribution in [1.82, 2.24) is 5.32 Å². The number of thiocarbonyl (C=S) groups is 1. The van der Waals surface area contributed by atoms with Crippen LogP contribution in [0, 0.1) is 0 Å². The van der Waals surface area contributed by atoms with E-state index in [1.54, 1.807) is 30.3 Å². The van der Waals surface area contributed by atoms with Crippen molar-refractivity contribution >= 4 is 46.5 Å². The zero-order valence-electron chi connectivity index (χ0n) is 14.8. The first-order valence-corrected chi connectivity index (χ1v) is 9.00. The highest BCUT2D eigenvalue weighted by Crippen LogP contribution is 2.20. The zero-order valence-corrected chi connectivity index (χ0v) is 16.4. The highest BCUT2D eigenvalue weighted by atomic mass is 35.5. The van der Waals surface area contributed by atoms with Crippen molar-refractivity contribution in [2.75, 3.05) is 5.32 Å². The molecule has 1 amide bonds. The summed E-state index contributed by atoms with van der Waals surface area (Å²) in [6.07, 6.45) is 0.979. The quantitative estimate of drug-likeness (QED) is 0.618. The molecule has 0 saturated heterocycles. The minimum atomic E-state index is -1.15. The number of hydrogen-bond acceptors (Lipinski definition) is 4. The van der Waals surface area contributed by atoms with Gasteiger partial charge in [-0.25, -0.2) is 4.79 Å². The molecule has 8 heteroatoms. The molecule has 0 aliphatic carbocycles. The van der Waals surface area contributed by atoms with Crippen LogP contribution in [-0.2, 0) is 0 Å². The van der Waals surface area contributed by atoms with Gasteiger partial charge in [-0.1, -0.05) is 18.5 Å². The zero-order chi connectivity index (χ0) is 20.0. The summed E-state index contributed by atoms with van der Waals surface area (Å²) >= 11 is 10.9. The van der Waals surface area contributed by atoms with Gasteiger partial charge in [0, 0.05) is 11.3 Å². The summed E-state index contributed by atoms with van der Waals surface area (Å²) in [7, 11) is 0. The van der Waals surface area contributed by atoms with Crippen LogP contribution in [0.2, 0.25) is 5.02 Å². The number of anilines is 1. The Kier molecular flexibility index (Phi) is 7.15. The highest BCUT2D eigenvalue weighted by Gasteiger charge is 2.12. The molecule has 142 valence electrons. The molecular weight excluding hydrogens is 388 g/mol. The molecule has 0 spiro atoms. The smallest absolute Gasteiger partial charge is 0.337 e. The van der Waals surface area contributed by atoms with Gasteiger partial charge >= 0.3 is 5.97 Å². The van der Waals surface area contributed by atoms with Gasteiger partial charge in [0.25, 0.3) is 5.91 Å². The summed E-state index contributed by atoms with van der Waals surface area (Å²) in [6, 6.07) is 11.1. The molecule has 2 aromatic rings. The average molecular weight is 407 g/mol. The van der Waals surface area contributed by atoms with Crippen LogP contribution < -0.4 is 15.4 Å². The Hall–Kier alpha value is -2.64. The van der Waals surface area contributed by atoms with Crippen molar-refractivity contribution in [2.24, 2.45) is 0 Å². The number of aromatic carboxylic acids is 1. The second-order valence-electron chi connectivity index (χ2n) is 5.77. The molecule has 0 fully saturated rings. The minimum Gasteiger partial charge on any atom is -0.491 e. The number of carboxylic acid groups (broad SMARTS) is 1. The fourth-order valence-corrected chi connectivity index (χ4v) is 2.51. The second-order valence-corrected chi connectivity index (χ2v) is 6.58. The van der Waals surface area contributed by atoms with Crippen molar-refractivity contribution in [3.05, 3.63) is 58.6 Å². The first-order valence-electron chi connectivity index (χ1n) is 8.22. The Morgan fingerprint density at radius 1 is 1.22 bits per heavy atom. The summed E-state index contributed by atoms with van der Waals surface area (Å²) < 4.78 is 5.67. The largest absolute Gasteiger partial charge is 0.491 e. The van der Waals surface area contributed by atoms with Crippen molar-refractivity contribution in [3.63, 3.8) is 0 Å².